The van der Waals surface area contributed by atoms with Gasteiger partial charge in [0.25, 0.3) is 0 Å². The van der Waals surface area contributed by atoms with Crippen molar-refractivity contribution in [3.05, 3.63) is 35.9 Å². The zero-order valence-electron chi connectivity index (χ0n) is 9.53. The number of benzene rings is 1. The lowest BCUT2D eigenvalue weighted by molar-refractivity contribution is -0.111. The molecule has 0 N–H and O–H groups in total. The zero-order valence-corrected chi connectivity index (χ0v) is 9.53. The molecule has 0 bridgehead atoms. The molecule has 1 aromatic carbocycles. The Morgan fingerprint density at radius 3 is 1.71 bits per heavy atom. The van der Waals surface area contributed by atoms with E-state index in [9.17, 15) is 4.79 Å². The third-order valence-electron chi connectivity index (χ3n) is 2.21. The van der Waals surface area contributed by atoms with Gasteiger partial charge in [0, 0.05) is 5.92 Å². The summed E-state index contributed by atoms with van der Waals surface area (Å²) in [6.45, 7) is 8.09. The van der Waals surface area contributed by atoms with Gasteiger partial charge in [-0.05, 0) is 12.8 Å². The molecule has 1 rings (SSSR count). The van der Waals surface area contributed by atoms with Gasteiger partial charge in [0.05, 0.1) is 0 Å². The highest BCUT2D eigenvalue weighted by Gasteiger charge is 2.02. The van der Waals surface area contributed by atoms with Gasteiger partial charge in [-0.25, -0.2) is 0 Å². The number of rotatable bonds is 2. The number of carbonyl (C=O) groups is 1. The summed E-state index contributed by atoms with van der Waals surface area (Å²) >= 11 is 0. The second-order valence-electron chi connectivity index (χ2n) is 3.89. The van der Waals surface area contributed by atoms with Crippen LogP contribution in [0.5, 0.6) is 0 Å². The Morgan fingerprint density at radius 2 is 1.57 bits per heavy atom. The van der Waals surface area contributed by atoms with Gasteiger partial charge >= 0.3 is 0 Å². The maximum Gasteiger partial charge on any atom is 0.123 e. The number of hydrogen-bond acceptors (Lipinski definition) is 1. The highest BCUT2D eigenvalue weighted by Crippen LogP contribution is 2.04. The second-order valence-corrected chi connectivity index (χ2v) is 3.89. The normalized spacial score (nSPS) is 11.5. The molecule has 1 unspecified atom stereocenters. The van der Waals surface area contributed by atoms with Gasteiger partial charge in [-0.3, -0.25) is 0 Å². The third kappa shape index (κ3) is 6.41. The van der Waals surface area contributed by atoms with Crippen molar-refractivity contribution in [3.8, 4) is 0 Å². The van der Waals surface area contributed by atoms with Crippen molar-refractivity contribution in [1.82, 2.24) is 0 Å². The summed E-state index contributed by atoms with van der Waals surface area (Å²) in [6, 6.07) is 10.3. The highest BCUT2D eigenvalue weighted by molar-refractivity contribution is 5.52. The average molecular weight is 192 g/mol. The van der Waals surface area contributed by atoms with Crippen molar-refractivity contribution in [1.29, 1.82) is 0 Å². The molecule has 0 aliphatic heterocycles. The molecule has 0 aliphatic rings. The predicted molar refractivity (Wildman–Crippen MR) is 61.2 cm³/mol. The first-order valence-electron chi connectivity index (χ1n) is 5.05. The molecule has 0 amide bonds. The summed E-state index contributed by atoms with van der Waals surface area (Å²) in [7, 11) is 0. The smallest absolute Gasteiger partial charge is 0.123 e. The van der Waals surface area contributed by atoms with Crippen molar-refractivity contribution < 1.29 is 4.79 Å². The number of hydrogen-bond donors (Lipinski definition) is 0. The molecule has 0 fully saturated rings. The minimum atomic E-state index is 0.222. The third-order valence-corrected chi connectivity index (χ3v) is 2.21. The van der Waals surface area contributed by atoms with E-state index in [4.69, 9.17) is 0 Å². The molecule has 1 heteroatoms. The lowest BCUT2D eigenvalue weighted by atomic mass is 10.0. The van der Waals surface area contributed by atoms with Gasteiger partial charge in [-0.2, -0.15) is 0 Å². The van der Waals surface area contributed by atoms with Crippen molar-refractivity contribution in [3.63, 3.8) is 0 Å². The lowest BCUT2D eigenvalue weighted by Crippen LogP contribution is -2.03. The fraction of sp³-hybridized carbons (Fsp3) is 0.462. The van der Waals surface area contributed by atoms with Crippen LogP contribution in [0.15, 0.2) is 30.3 Å². The molecule has 0 radical (unpaired) electrons. The van der Waals surface area contributed by atoms with Crippen LogP contribution in [-0.4, -0.2) is 6.29 Å². The standard InChI is InChI=1S/C7H8.C6H12O/c1-7-5-3-2-4-6-7;1-5(2)6(3)4-7/h2-6H,1H3;4-6H,1-3H3. The summed E-state index contributed by atoms with van der Waals surface area (Å²) in [6.07, 6.45) is 0.991. The van der Waals surface area contributed by atoms with Crippen molar-refractivity contribution in [2.45, 2.75) is 27.7 Å². The molecular formula is C13H20O. The molecule has 0 spiro atoms. The Morgan fingerprint density at radius 1 is 1.07 bits per heavy atom. The molecule has 0 aromatic heterocycles. The van der Waals surface area contributed by atoms with E-state index >= 15 is 0 Å². The maximum absolute atomic E-state index is 9.95. The van der Waals surface area contributed by atoms with Gasteiger partial charge in [-0.15, -0.1) is 0 Å². The van der Waals surface area contributed by atoms with Gasteiger partial charge in [0.1, 0.15) is 6.29 Å². The predicted octanol–water partition coefficient (Wildman–Crippen LogP) is 3.47. The lowest BCUT2D eigenvalue weighted by Gasteiger charge is -2.04. The second kappa shape index (κ2) is 7.31. The molecule has 14 heavy (non-hydrogen) atoms. The number of aldehydes is 1. The van der Waals surface area contributed by atoms with E-state index in [0.717, 1.165) is 6.29 Å². The van der Waals surface area contributed by atoms with E-state index in [2.05, 4.69) is 19.1 Å². The Kier molecular flexibility index (Phi) is 6.73. The molecule has 1 aromatic rings. The molecule has 0 aliphatic carbocycles. The summed E-state index contributed by atoms with van der Waals surface area (Å²) in [5.74, 6) is 0.720. The van der Waals surface area contributed by atoms with Gasteiger partial charge in [0.2, 0.25) is 0 Å². The van der Waals surface area contributed by atoms with Crippen LogP contribution < -0.4 is 0 Å². The summed E-state index contributed by atoms with van der Waals surface area (Å²) in [4.78, 5) is 9.95. The molecule has 1 nitrogen and oxygen atoms in total. The molecule has 0 saturated heterocycles. The van der Waals surface area contributed by atoms with Crippen LogP contribution in [-0.2, 0) is 4.79 Å². The van der Waals surface area contributed by atoms with Crippen molar-refractivity contribution >= 4 is 6.29 Å². The Balaban J connectivity index is 0.000000241. The summed E-state index contributed by atoms with van der Waals surface area (Å²) in [5.41, 5.74) is 1.32. The SMILES string of the molecule is CC(C)C(C)C=O.Cc1ccccc1. The topological polar surface area (TPSA) is 17.1 Å². The van der Waals surface area contributed by atoms with Crippen molar-refractivity contribution in [2.75, 3.05) is 0 Å². The highest BCUT2D eigenvalue weighted by atomic mass is 16.1. The Hall–Kier alpha value is -1.11. The van der Waals surface area contributed by atoms with E-state index in [1.54, 1.807) is 0 Å². The Bertz CT molecular complexity index is 239. The van der Waals surface area contributed by atoms with Crippen LogP contribution >= 0.6 is 0 Å². The molecule has 0 heterocycles. The zero-order chi connectivity index (χ0) is 11.0. The van der Waals surface area contributed by atoms with Crippen LogP contribution in [0.25, 0.3) is 0 Å². The first-order valence-corrected chi connectivity index (χ1v) is 5.05. The fourth-order valence-electron chi connectivity index (χ4n) is 0.692. The average Bonchev–Trinajstić information content (AvgIpc) is 2.18. The van der Waals surface area contributed by atoms with Crippen LogP contribution in [0.2, 0.25) is 0 Å². The largest absolute Gasteiger partial charge is 0.303 e. The van der Waals surface area contributed by atoms with Crippen LogP contribution in [0, 0.1) is 18.8 Å². The molecular weight excluding hydrogens is 172 g/mol. The fourth-order valence-corrected chi connectivity index (χ4v) is 0.692. The minimum absolute atomic E-state index is 0.222. The Labute approximate surface area is 87.2 Å². The number of carbonyl (C=O) groups excluding carboxylic acids is 1. The first kappa shape index (κ1) is 12.9. The molecule has 78 valence electrons. The van der Waals surface area contributed by atoms with E-state index in [1.807, 2.05) is 39.0 Å². The quantitative estimate of drug-likeness (QED) is 0.656. The van der Waals surface area contributed by atoms with Gasteiger partial charge in [-0.1, -0.05) is 56.7 Å². The van der Waals surface area contributed by atoms with E-state index in [0.29, 0.717) is 5.92 Å². The molecule has 0 saturated carbocycles. The van der Waals surface area contributed by atoms with Gasteiger partial charge < -0.3 is 4.79 Å². The molecule has 1 atom stereocenters. The monoisotopic (exact) mass is 192 g/mol. The maximum atomic E-state index is 9.95. The van der Waals surface area contributed by atoms with E-state index in [-0.39, 0.29) is 5.92 Å². The number of aryl methyl sites for hydroxylation is 1. The minimum Gasteiger partial charge on any atom is -0.303 e. The van der Waals surface area contributed by atoms with E-state index in [1.165, 1.54) is 5.56 Å². The summed E-state index contributed by atoms with van der Waals surface area (Å²) < 4.78 is 0. The van der Waals surface area contributed by atoms with Crippen LogP contribution in [0.4, 0.5) is 0 Å². The van der Waals surface area contributed by atoms with Crippen molar-refractivity contribution in [2.24, 2.45) is 11.8 Å². The van der Waals surface area contributed by atoms with Crippen LogP contribution in [0.1, 0.15) is 26.3 Å². The van der Waals surface area contributed by atoms with E-state index < -0.39 is 0 Å². The summed E-state index contributed by atoms with van der Waals surface area (Å²) in [5, 5.41) is 0. The van der Waals surface area contributed by atoms with Crippen LogP contribution in [0.3, 0.4) is 0 Å². The first-order chi connectivity index (χ1) is 6.57. The van der Waals surface area contributed by atoms with Gasteiger partial charge in [0.15, 0.2) is 0 Å².